The molecule has 6 N–H and O–H groups in total. The summed E-state index contributed by atoms with van der Waals surface area (Å²) in [7, 11) is 0. The van der Waals surface area contributed by atoms with Crippen LogP contribution in [0.5, 0.6) is 0 Å². The van der Waals surface area contributed by atoms with Crippen molar-refractivity contribution in [2.24, 2.45) is 0 Å². The van der Waals surface area contributed by atoms with Gasteiger partial charge in [-0.25, -0.2) is 9.37 Å². The molecule has 19 heavy (non-hydrogen) atoms. The molecular weight excluding hydrogens is 255 g/mol. The third-order valence-electron chi connectivity index (χ3n) is 3.77. The van der Waals surface area contributed by atoms with E-state index in [4.69, 9.17) is 5.73 Å². The van der Waals surface area contributed by atoms with Crippen molar-refractivity contribution in [1.82, 2.24) is 4.98 Å². The number of aliphatic hydroxyl groups excluding tert-OH is 3. The maximum absolute atomic E-state index is 13.9. The van der Waals surface area contributed by atoms with Crippen LogP contribution in [0, 0.1) is 5.82 Å². The van der Waals surface area contributed by atoms with E-state index < -0.39 is 30.2 Å². The molecule has 0 bridgehead atoms. The summed E-state index contributed by atoms with van der Waals surface area (Å²) in [5.41, 5.74) is 6.26. The third-order valence-corrected chi connectivity index (χ3v) is 3.77. The zero-order valence-electron chi connectivity index (χ0n) is 9.99. The molecule has 0 saturated heterocycles. The fraction of sp³-hybridized carbons (Fsp3) is 0.545. The molecule has 1 aromatic heterocycles. The lowest BCUT2D eigenvalue weighted by molar-refractivity contribution is -0.0207. The second kappa shape index (κ2) is 4.19. The van der Waals surface area contributed by atoms with E-state index in [1.165, 1.54) is 0 Å². The Morgan fingerprint density at radius 3 is 2.74 bits per heavy atom. The van der Waals surface area contributed by atoms with Gasteiger partial charge in [0.15, 0.2) is 5.82 Å². The normalized spacial score (nSPS) is 33.4. The van der Waals surface area contributed by atoms with Gasteiger partial charge >= 0.3 is 0 Å². The molecule has 1 aliphatic heterocycles. The van der Waals surface area contributed by atoms with Crippen LogP contribution in [0.4, 0.5) is 21.6 Å². The smallest absolute Gasteiger partial charge is 0.167 e. The van der Waals surface area contributed by atoms with Crippen LogP contribution in [-0.4, -0.2) is 51.3 Å². The zero-order valence-corrected chi connectivity index (χ0v) is 9.99. The van der Waals surface area contributed by atoms with Crippen molar-refractivity contribution in [2.45, 2.75) is 30.8 Å². The molecule has 0 amide bonds. The molecule has 0 radical (unpaired) electrons. The van der Waals surface area contributed by atoms with E-state index in [9.17, 15) is 19.7 Å². The van der Waals surface area contributed by atoms with E-state index in [1.807, 2.05) is 0 Å². The van der Waals surface area contributed by atoms with Gasteiger partial charge in [-0.2, -0.15) is 0 Å². The molecule has 0 aromatic carbocycles. The summed E-state index contributed by atoms with van der Waals surface area (Å²) < 4.78 is 13.9. The molecule has 4 atom stereocenters. The van der Waals surface area contributed by atoms with Crippen LogP contribution in [-0.2, 0) is 0 Å². The van der Waals surface area contributed by atoms with Crippen LogP contribution in [0.15, 0.2) is 6.20 Å². The first-order chi connectivity index (χ1) is 9.00. The van der Waals surface area contributed by atoms with E-state index in [0.29, 0.717) is 5.69 Å². The maximum Gasteiger partial charge on any atom is 0.167 e. The zero-order chi connectivity index (χ0) is 13.7. The highest BCUT2D eigenvalue weighted by molar-refractivity contribution is 5.83. The molecule has 2 heterocycles. The molecular formula is C11H15FN4O3. The number of nitrogens with one attached hydrogen (secondary N) is 1. The topological polar surface area (TPSA) is 115 Å². The number of halogens is 1. The third kappa shape index (κ3) is 1.71. The van der Waals surface area contributed by atoms with Crippen LogP contribution in [0.25, 0.3) is 0 Å². The minimum absolute atomic E-state index is 0.158. The Morgan fingerprint density at radius 1 is 1.37 bits per heavy atom. The Hall–Kier alpha value is -1.64. The molecule has 1 aromatic rings. The van der Waals surface area contributed by atoms with Gasteiger partial charge < -0.3 is 31.3 Å². The van der Waals surface area contributed by atoms with Crippen LogP contribution in [0.3, 0.4) is 0 Å². The standard InChI is InChI=1S/C11H15FN4O3/c12-4-2-14-11(13)7-8(4)16(3-15-7)5-1-6(17)10(19)9(5)18/h2,5-6,9-10,15,17-19H,1,3H2,(H2,13,14)/t5-,6+,9+,10-/m1/s1. The van der Waals surface area contributed by atoms with E-state index in [1.54, 1.807) is 4.90 Å². The van der Waals surface area contributed by atoms with Crippen LogP contribution >= 0.6 is 0 Å². The van der Waals surface area contributed by atoms with Gasteiger partial charge in [-0.15, -0.1) is 0 Å². The van der Waals surface area contributed by atoms with Gasteiger partial charge in [0.2, 0.25) is 0 Å². The van der Waals surface area contributed by atoms with Gasteiger partial charge in [-0.1, -0.05) is 0 Å². The van der Waals surface area contributed by atoms with E-state index in [-0.39, 0.29) is 24.6 Å². The molecule has 104 valence electrons. The first-order valence-electron chi connectivity index (χ1n) is 5.99. The monoisotopic (exact) mass is 270 g/mol. The molecule has 8 heteroatoms. The predicted molar refractivity (Wildman–Crippen MR) is 66.0 cm³/mol. The Kier molecular flexibility index (Phi) is 2.73. The molecule has 1 fully saturated rings. The average Bonchev–Trinajstić information content (AvgIpc) is 2.92. The van der Waals surface area contributed by atoms with E-state index in [0.717, 1.165) is 6.20 Å². The lowest BCUT2D eigenvalue weighted by Gasteiger charge is -2.28. The van der Waals surface area contributed by atoms with Crippen molar-refractivity contribution in [2.75, 3.05) is 22.6 Å². The summed E-state index contributed by atoms with van der Waals surface area (Å²) in [4.78, 5) is 5.27. The largest absolute Gasteiger partial charge is 0.390 e. The van der Waals surface area contributed by atoms with Crippen molar-refractivity contribution in [1.29, 1.82) is 0 Å². The highest BCUT2D eigenvalue weighted by atomic mass is 19.1. The molecule has 2 aliphatic rings. The summed E-state index contributed by atoms with van der Waals surface area (Å²) in [5, 5.41) is 32.0. The van der Waals surface area contributed by atoms with Crippen LogP contribution in [0.1, 0.15) is 6.42 Å². The molecule has 0 spiro atoms. The fourth-order valence-corrected chi connectivity index (χ4v) is 2.77. The number of aliphatic hydroxyl groups is 3. The number of nitrogens with two attached hydrogens (primary N) is 1. The minimum Gasteiger partial charge on any atom is -0.390 e. The molecule has 7 nitrogen and oxygen atoms in total. The number of pyridine rings is 1. The number of nitrogen functional groups attached to an aromatic ring is 1. The number of hydrogen-bond acceptors (Lipinski definition) is 7. The Labute approximate surface area is 108 Å². The number of hydrogen-bond donors (Lipinski definition) is 5. The second-order valence-electron chi connectivity index (χ2n) is 4.87. The fourth-order valence-electron chi connectivity index (χ4n) is 2.77. The Bertz CT molecular complexity index is 515. The predicted octanol–water partition coefficient (Wildman–Crippen LogP) is -1.15. The molecule has 0 unspecified atom stereocenters. The number of rotatable bonds is 1. The lowest BCUT2D eigenvalue weighted by atomic mass is 10.1. The lowest BCUT2D eigenvalue weighted by Crippen LogP contribution is -2.43. The van der Waals surface area contributed by atoms with Crippen molar-refractivity contribution < 1.29 is 19.7 Å². The van der Waals surface area contributed by atoms with Gasteiger partial charge in [0, 0.05) is 0 Å². The second-order valence-corrected chi connectivity index (χ2v) is 4.87. The van der Waals surface area contributed by atoms with Crippen molar-refractivity contribution in [3.05, 3.63) is 12.0 Å². The molecule has 1 saturated carbocycles. The number of nitrogens with zero attached hydrogens (tertiary/aromatic N) is 2. The van der Waals surface area contributed by atoms with Crippen molar-refractivity contribution in [3.63, 3.8) is 0 Å². The van der Waals surface area contributed by atoms with Crippen LogP contribution < -0.4 is 16.0 Å². The summed E-state index contributed by atoms with van der Waals surface area (Å²) in [6.07, 6.45) is -2.22. The Balaban J connectivity index is 1.97. The van der Waals surface area contributed by atoms with Crippen molar-refractivity contribution >= 4 is 17.2 Å². The van der Waals surface area contributed by atoms with E-state index in [2.05, 4.69) is 10.3 Å². The van der Waals surface area contributed by atoms with E-state index >= 15 is 0 Å². The van der Waals surface area contributed by atoms with Crippen LogP contribution in [0.2, 0.25) is 0 Å². The summed E-state index contributed by atoms with van der Waals surface area (Å²) in [5.74, 6) is -0.384. The van der Waals surface area contributed by atoms with Crippen molar-refractivity contribution in [3.8, 4) is 0 Å². The van der Waals surface area contributed by atoms with Gasteiger partial charge in [0.05, 0.1) is 25.0 Å². The highest BCUT2D eigenvalue weighted by Gasteiger charge is 2.45. The summed E-state index contributed by atoms with van der Waals surface area (Å²) >= 11 is 0. The summed E-state index contributed by atoms with van der Waals surface area (Å²) in [6.45, 7) is 0.239. The first-order valence-corrected chi connectivity index (χ1v) is 5.99. The molecule has 1 aliphatic carbocycles. The summed E-state index contributed by atoms with van der Waals surface area (Å²) in [6, 6.07) is -0.574. The number of aromatic nitrogens is 1. The molecule has 3 rings (SSSR count). The number of anilines is 3. The quantitative estimate of drug-likeness (QED) is 0.437. The van der Waals surface area contributed by atoms with Gasteiger partial charge in [0.25, 0.3) is 0 Å². The van der Waals surface area contributed by atoms with Gasteiger partial charge in [-0.3, -0.25) is 0 Å². The highest BCUT2D eigenvalue weighted by Crippen LogP contribution is 2.41. The van der Waals surface area contributed by atoms with Gasteiger partial charge in [0.1, 0.15) is 29.4 Å². The number of fused-ring (bicyclic) bond motifs is 1. The Morgan fingerprint density at radius 2 is 2.11 bits per heavy atom. The average molecular weight is 270 g/mol. The minimum atomic E-state index is -1.23. The SMILES string of the molecule is Nc1ncc(F)c2c1NCN2[C@@H]1C[C@H](O)[C@@H](O)[C@H]1O. The van der Waals surface area contributed by atoms with Gasteiger partial charge in [-0.05, 0) is 6.42 Å². The maximum atomic E-state index is 13.9. The first kappa shape index (κ1) is 12.4.